The Labute approximate surface area is 111 Å². The quantitative estimate of drug-likeness (QED) is 0.606. The van der Waals surface area contributed by atoms with Crippen molar-refractivity contribution in [1.82, 2.24) is 0 Å². The Kier molecular flexibility index (Phi) is 6.47. The van der Waals surface area contributed by atoms with Gasteiger partial charge in [-0.05, 0) is 36.8 Å². The first-order chi connectivity index (χ1) is 7.65. The van der Waals surface area contributed by atoms with E-state index in [9.17, 15) is 0 Å². The molecule has 1 aromatic carbocycles. The molecule has 0 bridgehead atoms. The van der Waals surface area contributed by atoms with Crippen LogP contribution in [-0.4, -0.2) is 5.75 Å². The van der Waals surface area contributed by atoms with Crippen LogP contribution in [0.25, 0.3) is 0 Å². The molecular weight excluding hydrogens is 282 g/mol. The van der Waals surface area contributed by atoms with Crippen molar-refractivity contribution in [2.45, 2.75) is 44.0 Å². The van der Waals surface area contributed by atoms with Gasteiger partial charge in [-0.2, -0.15) is 0 Å². The van der Waals surface area contributed by atoms with Gasteiger partial charge in [0.05, 0.1) is 0 Å². The first-order valence-electron chi connectivity index (χ1n) is 5.83. The Hall–Kier alpha value is 0.01000. The molecule has 0 radical (unpaired) electrons. The fourth-order valence-electron chi connectivity index (χ4n) is 1.51. The fourth-order valence-corrected chi connectivity index (χ4v) is 3.35. The lowest BCUT2D eigenvalue weighted by atomic mass is 10.1. The monoisotopic (exact) mass is 301 g/mol. The van der Waals surface area contributed by atoms with Crippen LogP contribution in [0.5, 0.6) is 0 Å². The van der Waals surface area contributed by atoms with Gasteiger partial charge < -0.3 is 5.73 Å². The van der Waals surface area contributed by atoms with Crippen LogP contribution in [0.3, 0.4) is 0 Å². The molecule has 0 unspecified atom stereocenters. The van der Waals surface area contributed by atoms with Crippen molar-refractivity contribution in [3.8, 4) is 0 Å². The molecule has 16 heavy (non-hydrogen) atoms. The Balaban J connectivity index is 2.53. The normalized spacial score (nSPS) is 12.8. The van der Waals surface area contributed by atoms with E-state index >= 15 is 0 Å². The maximum Gasteiger partial charge on any atom is 0.0277 e. The van der Waals surface area contributed by atoms with Crippen LogP contribution in [0.4, 0.5) is 0 Å². The van der Waals surface area contributed by atoms with Gasteiger partial charge in [0, 0.05) is 15.4 Å². The topological polar surface area (TPSA) is 26.0 Å². The van der Waals surface area contributed by atoms with Crippen molar-refractivity contribution in [3.63, 3.8) is 0 Å². The third-order valence-corrected chi connectivity index (χ3v) is 4.25. The van der Waals surface area contributed by atoms with Gasteiger partial charge in [-0.15, -0.1) is 11.8 Å². The van der Waals surface area contributed by atoms with E-state index in [-0.39, 0.29) is 6.04 Å². The van der Waals surface area contributed by atoms with E-state index in [0.29, 0.717) is 0 Å². The van der Waals surface area contributed by atoms with Gasteiger partial charge in [-0.3, -0.25) is 0 Å². The molecule has 0 amide bonds. The summed E-state index contributed by atoms with van der Waals surface area (Å²) in [6.07, 6.45) is 3.91. The van der Waals surface area contributed by atoms with E-state index in [1.807, 2.05) is 18.7 Å². The van der Waals surface area contributed by atoms with Crippen molar-refractivity contribution in [2.24, 2.45) is 5.73 Å². The molecule has 0 saturated heterocycles. The number of nitrogens with two attached hydrogens (primary N) is 1. The number of benzene rings is 1. The van der Waals surface area contributed by atoms with Gasteiger partial charge in [0.2, 0.25) is 0 Å². The van der Waals surface area contributed by atoms with Gasteiger partial charge in [-0.1, -0.05) is 41.8 Å². The maximum atomic E-state index is 5.87. The second-order valence-corrected chi connectivity index (χ2v) is 6.05. The highest BCUT2D eigenvalue weighted by Crippen LogP contribution is 2.28. The van der Waals surface area contributed by atoms with E-state index in [1.54, 1.807) is 0 Å². The maximum absolute atomic E-state index is 5.87. The summed E-state index contributed by atoms with van der Waals surface area (Å²) in [7, 11) is 0. The largest absolute Gasteiger partial charge is 0.324 e. The summed E-state index contributed by atoms with van der Waals surface area (Å²) >= 11 is 5.50. The number of unbranched alkanes of at least 4 members (excludes halogenated alkanes) is 2. The third-order valence-electron chi connectivity index (χ3n) is 2.48. The predicted octanol–water partition coefficient (Wildman–Crippen LogP) is 4.75. The SMILES string of the molecule is CCCCCSc1ccc([C@@H](C)N)c(Br)c1. The number of hydrogen-bond donors (Lipinski definition) is 1. The molecule has 0 aliphatic rings. The van der Waals surface area contributed by atoms with E-state index in [0.717, 1.165) is 4.47 Å². The molecule has 1 atom stereocenters. The summed E-state index contributed by atoms with van der Waals surface area (Å²) in [6.45, 7) is 4.24. The molecule has 1 aromatic rings. The van der Waals surface area contributed by atoms with Gasteiger partial charge in [0.25, 0.3) is 0 Å². The number of halogens is 1. The van der Waals surface area contributed by atoms with Crippen LogP contribution in [0.2, 0.25) is 0 Å². The first kappa shape index (κ1) is 14.1. The molecule has 0 saturated carbocycles. The minimum atomic E-state index is 0.0912. The van der Waals surface area contributed by atoms with E-state index in [2.05, 4.69) is 41.1 Å². The molecule has 0 spiro atoms. The summed E-state index contributed by atoms with van der Waals surface area (Å²) in [5.41, 5.74) is 7.05. The summed E-state index contributed by atoms with van der Waals surface area (Å²) in [4.78, 5) is 1.33. The first-order valence-corrected chi connectivity index (χ1v) is 7.60. The molecule has 0 aromatic heterocycles. The summed E-state index contributed by atoms with van der Waals surface area (Å²) in [6, 6.07) is 6.56. The smallest absolute Gasteiger partial charge is 0.0277 e. The lowest BCUT2D eigenvalue weighted by molar-refractivity contribution is 0.778. The van der Waals surface area contributed by atoms with Crippen molar-refractivity contribution in [1.29, 1.82) is 0 Å². The zero-order valence-corrected chi connectivity index (χ0v) is 12.4. The van der Waals surface area contributed by atoms with Gasteiger partial charge >= 0.3 is 0 Å². The van der Waals surface area contributed by atoms with Crippen LogP contribution in [0.1, 0.15) is 44.7 Å². The highest BCUT2D eigenvalue weighted by molar-refractivity contribution is 9.10. The average molecular weight is 302 g/mol. The van der Waals surface area contributed by atoms with Crippen molar-refractivity contribution < 1.29 is 0 Å². The zero-order chi connectivity index (χ0) is 12.0. The van der Waals surface area contributed by atoms with E-state index in [1.165, 1.54) is 35.5 Å². The fraction of sp³-hybridized carbons (Fsp3) is 0.538. The Bertz CT molecular complexity index is 326. The summed E-state index contributed by atoms with van der Waals surface area (Å²) in [5.74, 6) is 1.21. The van der Waals surface area contributed by atoms with Gasteiger partial charge in [0.1, 0.15) is 0 Å². The Morgan fingerprint density at radius 2 is 2.12 bits per heavy atom. The van der Waals surface area contributed by atoms with Crippen LogP contribution < -0.4 is 5.73 Å². The summed E-state index contributed by atoms with van der Waals surface area (Å²) < 4.78 is 1.13. The molecule has 0 aliphatic carbocycles. The Morgan fingerprint density at radius 1 is 1.38 bits per heavy atom. The minimum Gasteiger partial charge on any atom is -0.324 e. The molecule has 0 fully saturated rings. The van der Waals surface area contributed by atoms with Crippen LogP contribution >= 0.6 is 27.7 Å². The molecule has 3 heteroatoms. The Morgan fingerprint density at radius 3 is 2.69 bits per heavy atom. The van der Waals surface area contributed by atoms with E-state index in [4.69, 9.17) is 5.73 Å². The predicted molar refractivity (Wildman–Crippen MR) is 77.0 cm³/mol. The minimum absolute atomic E-state index is 0.0912. The molecule has 2 N–H and O–H groups in total. The molecule has 0 heterocycles. The van der Waals surface area contributed by atoms with E-state index < -0.39 is 0 Å². The van der Waals surface area contributed by atoms with Crippen LogP contribution in [-0.2, 0) is 0 Å². The average Bonchev–Trinajstić information content (AvgIpc) is 2.24. The third kappa shape index (κ3) is 4.48. The number of rotatable bonds is 6. The van der Waals surface area contributed by atoms with Gasteiger partial charge in [0.15, 0.2) is 0 Å². The number of thioether (sulfide) groups is 1. The lowest BCUT2D eigenvalue weighted by Crippen LogP contribution is -2.05. The summed E-state index contributed by atoms with van der Waals surface area (Å²) in [5, 5.41) is 0. The zero-order valence-electron chi connectivity index (χ0n) is 10.0. The molecule has 1 nitrogen and oxygen atoms in total. The molecule has 0 aliphatic heterocycles. The highest BCUT2D eigenvalue weighted by atomic mass is 79.9. The van der Waals surface area contributed by atoms with Crippen LogP contribution in [0.15, 0.2) is 27.6 Å². The molecule has 90 valence electrons. The number of hydrogen-bond acceptors (Lipinski definition) is 2. The van der Waals surface area contributed by atoms with Crippen molar-refractivity contribution in [3.05, 3.63) is 28.2 Å². The second kappa shape index (κ2) is 7.36. The molecule has 1 rings (SSSR count). The lowest BCUT2D eigenvalue weighted by Gasteiger charge is -2.10. The van der Waals surface area contributed by atoms with Crippen molar-refractivity contribution >= 4 is 27.7 Å². The highest BCUT2D eigenvalue weighted by Gasteiger charge is 2.05. The standard InChI is InChI=1S/C13H20BrNS/c1-3-4-5-8-16-11-6-7-12(10(2)15)13(14)9-11/h6-7,9-10H,3-5,8,15H2,1-2H3/t10-/m1/s1. The van der Waals surface area contributed by atoms with Gasteiger partial charge in [-0.25, -0.2) is 0 Å². The van der Waals surface area contributed by atoms with Crippen molar-refractivity contribution in [2.75, 3.05) is 5.75 Å². The molecular formula is C13H20BrNS. The second-order valence-electron chi connectivity index (χ2n) is 4.03. The van der Waals surface area contributed by atoms with Crippen LogP contribution in [0, 0.1) is 0 Å².